The average Bonchev–Trinajstić information content (AvgIpc) is 2.84. The molecule has 2 amide bonds. The van der Waals surface area contributed by atoms with Gasteiger partial charge in [-0.25, -0.2) is 0 Å². The van der Waals surface area contributed by atoms with Gasteiger partial charge in [0, 0.05) is 22.8 Å². The number of nitrogens with one attached hydrogen (secondary N) is 2. The lowest BCUT2D eigenvalue weighted by Gasteiger charge is -2.11. The number of hydrogen-bond acceptors (Lipinski definition) is 5. The van der Waals surface area contributed by atoms with E-state index in [9.17, 15) is 9.59 Å². The summed E-state index contributed by atoms with van der Waals surface area (Å²) in [6, 6.07) is 17.5. The van der Waals surface area contributed by atoms with E-state index < -0.39 is 0 Å². The highest BCUT2D eigenvalue weighted by molar-refractivity contribution is 6.30. The number of benzene rings is 3. The van der Waals surface area contributed by atoms with E-state index in [4.69, 9.17) is 25.8 Å². The third-order valence-electron chi connectivity index (χ3n) is 5.11. The van der Waals surface area contributed by atoms with Crippen LogP contribution in [0.5, 0.6) is 17.2 Å². The number of hydrogen-bond donors (Lipinski definition) is 2. The predicted molar refractivity (Wildman–Crippen MR) is 132 cm³/mol. The summed E-state index contributed by atoms with van der Waals surface area (Å²) in [5, 5.41) is 6.29. The molecule has 3 rings (SSSR count). The van der Waals surface area contributed by atoms with Crippen LogP contribution in [0.2, 0.25) is 5.02 Å². The minimum absolute atomic E-state index is 0.124. The number of carbonyl (C=O) groups is 2. The molecule has 0 aromatic heterocycles. The lowest BCUT2D eigenvalue weighted by Crippen LogP contribution is -2.30. The Morgan fingerprint density at radius 1 is 0.912 bits per heavy atom. The molecule has 0 atom stereocenters. The van der Waals surface area contributed by atoms with Crippen LogP contribution in [0.1, 0.15) is 21.5 Å². The number of aryl methyl sites for hydroxylation is 1. The van der Waals surface area contributed by atoms with Crippen LogP contribution in [0, 0.1) is 6.92 Å². The van der Waals surface area contributed by atoms with Crippen LogP contribution in [0.4, 0.5) is 5.69 Å². The topological polar surface area (TPSA) is 85.9 Å². The van der Waals surface area contributed by atoms with Crippen molar-refractivity contribution in [1.82, 2.24) is 5.32 Å². The van der Waals surface area contributed by atoms with Crippen LogP contribution in [-0.2, 0) is 11.2 Å². The molecule has 0 saturated heterocycles. The zero-order chi connectivity index (χ0) is 24.5. The van der Waals surface area contributed by atoms with E-state index in [1.807, 2.05) is 25.1 Å². The smallest absolute Gasteiger partial charge is 0.257 e. The minimum atomic E-state index is -0.245. The summed E-state index contributed by atoms with van der Waals surface area (Å²) < 4.78 is 16.0. The predicted octanol–water partition coefficient (Wildman–Crippen LogP) is 4.66. The summed E-state index contributed by atoms with van der Waals surface area (Å²) in [6.45, 7) is 2.21. The van der Waals surface area contributed by atoms with Gasteiger partial charge in [-0.2, -0.15) is 0 Å². The third kappa shape index (κ3) is 6.89. The molecule has 3 aromatic carbocycles. The van der Waals surface area contributed by atoms with Crippen molar-refractivity contribution < 1.29 is 23.8 Å². The average molecular weight is 483 g/mol. The van der Waals surface area contributed by atoms with Gasteiger partial charge in [0.2, 0.25) is 0 Å². The Hall–Kier alpha value is -3.71. The normalized spacial score (nSPS) is 10.4. The van der Waals surface area contributed by atoms with E-state index in [0.717, 1.165) is 11.1 Å². The molecule has 0 aliphatic rings. The zero-order valence-corrected chi connectivity index (χ0v) is 20.1. The van der Waals surface area contributed by atoms with E-state index in [-0.39, 0.29) is 18.4 Å². The number of anilines is 1. The number of carbonyl (C=O) groups excluding carboxylic acids is 2. The molecule has 8 heteroatoms. The van der Waals surface area contributed by atoms with Gasteiger partial charge in [-0.3, -0.25) is 9.59 Å². The standard InChI is InChI=1S/C26H27ClN2O5/c1-17-14-20(27)7-10-22(17)29-26(31)19-5-8-21(9-6-19)34-16-25(30)28-13-12-18-4-11-23(32-2)24(15-18)33-3/h4-11,14-15H,12-13,16H2,1-3H3,(H,28,30)(H,29,31). The van der Waals surface area contributed by atoms with E-state index in [2.05, 4.69) is 10.6 Å². The van der Waals surface area contributed by atoms with Crippen LogP contribution in [0.3, 0.4) is 0 Å². The van der Waals surface area contributed by atoms with Gasteiger partial charge in [0.05, 0.1) is 14.2 Å². The summed E-state index contributed by atoms with van der Waals surface area (Å²) in [4.78, 5) is 24.6. The maximum absolute atomic E-state index is 12.5. The molecule has 0 unspecified atom stereocenters. The molecule has 34 heavy (non-hydrogen) atoms. The Balaban J connectivity index is 1.44. The van der Waals surface area contributed by atoms with Gasteiger partial charge in [-0.15, -0.1) is 0 Å². The van der Waals surface area contributed by atoms with Gasteiger partial charge < -0.3 is 24.8 Å². The Kier molecular flexibility index (Phi) is 8.76. The molecule has 0 radical (unpaired) electrons. The molecule has 0 spiro atoms. The summed E-state index contributed by atoms with van der Waals surface area (Å²) in [7, 11) is 3.17. The number of amides is 2. The van der Waals surface area contributed by atoms with Gasteiger partial charge in [-0.05, 0) is 79.1 Å². The van der Waals surface area contributed by atoms with E-state index >= 15 is 0 Å². The number of ether oxygens (including phenoxy) is 3. The monoisotopic (exact) mass is 482 g/mol. The lowest BCUT2D eigenvalue weighted by molar-refractivity contribution is -0.123. The first-order valence-corrected chi connectivity index (χ1v) is 11.1. The fourth-order valence-corrected chi connectivity index (χ4v) is 3.47. The molecule has 7 nitrogen and oxygen atoms in total. The van der Waals surface area contributed by atoms with Crippen LogP contribution < -0.4 is 24.8 Å². The quantitative estimate of drug-likeness (QED) is 0.439. The third-order valence-corrected chi connectivity index (χ3v) is 5.34. The molecule has 0 saturated carbocycles. The fourth-order valence-electron chi connectivity index (χ4n) is 3.25. The molecular formula is C26H27ClN2O5. The number of methoxy groups -OCH3 is 2. The van der Waals surface area contributed by atoms with Crippen molar-refractivity contribution in [3.8, 4) is 17.2 Å². The summed E-state index contributed by atoms with van der Waals surface area (Å²) in [5.74, 6) is 1.32. The Bertz CT molecular complexity index is 1150. The highest BCUT2D eigenvalue weighted by atomic mass is 35.5. The second-order valence-corrected chi connectivity index (χ2v) is 7.95. The van der Waals surface area contributed by atoms with E-state index in [1.165, 1.54) is 0 Å². The maximum atomic E-state index is 12.5. The molecule has 0 aliphatic heterocycles. The lowest BCUT2D eigenvalue weighted by atomic mass is 10.1. The second kappa shape index (κ2) is 12.0. The largest absolute Gasteiger partial charge is 0.493 e. The van der Waals surface area contributed by atoms with Gasteiger partial charge in [-0.1, -0.05) is 17.7 Å². The minimum Gasteiger partial charge on any atom is -0.493 e. The number of halogens is 1. The molecular weight excluding hydrogens is 456 g/mol. The maximum Gasteiger partial charge on any atom is 0.257 e. The van der Waals surface area contributed by atoms with Crippen LogP contribution in [-0.4, -0.2) is 39.2 Å². The first-order valence-electron chi connectivity index (χ1n) is 10.7. The van der Waals surface area contributed by atoms with E-state index in [0.29, 0.717) is 46.5 Å². The fraction of sp³-hybridized carbons (Fsp3) is 0.231. The Morgan fingerprint density at radius 3 is 2.32 bits per heavy atom. The van der Waals surface area contributed by atoms with Crippen LogP contribution in [0.25, 0.3) is 0 Å². The van der Waals surface area contributed by atoms with E-state index in [1.54, 1.807) is 56.7 Å². The van der Waals surface area contributed by atoms with Crippen molar-refractivity contribution in [2.45, 2.75) is 13.3 Å². The van der Waals surface area contributed by atoms with Crippen molar-refractivity contribution >= 4 is 29.1 Å². The highest BCUT2D eigenvalue weighted by Gasteiger charge is 2.10. The van der Waals surface area contributed by atoms with Gasteiger partial charge in [0.15, 0.2) is 18.1 Å². The van der Waals surface area contributed by atoms with Crippen LogP contribution in [0.15, 0.2) is 60.7 Å². The molecule has 0 heterocycles. The Morgan fingerprint density at radius 2 is 1.65 bits per heavy atom. The van der Waals surface area contributed by atoms with Gasteiger partial charge >= 0.3 is 0 Å². The zero-order valence-electron chi connectivity index (χ0n) is 19.3. The van der Waals surface area contributed by atoms with Gasteiger partial charge in [0.1, 0.15) is 5.75 Å². The van der Waals surface area contributed by atoms with Gasteiger partial charge in [0.25, 0.3) is 11.8 Å². The summed E-state index contributed by atoms with van der Waals surface area (Å²) >= 11 is 5.95. The molecule has 0 fully saturated rings. The van der Waals surface area contributed by atoms with Crippen molar-refractivity contribution in [2.75, 3.05) is 32.7 Å². The number of rotatable bonds is 10. The van der Waals surface area contributed by atoms with Crippen molar-refractivity contribution in [1.29, 1.82) is 0 Å². The first-order chi connectivity index (χ1) is 16.4. The Labute approximate surface area is 204 Å². The summed E-state index contributed by atoms with van der Waals surface area (Å²) in [5.41, 5.74) is 3.06. The first kappa shape index (κ1) is 24.9. The summed E-state index contributed by atoms with van der Waals surface area (Å²) in [6.07, 6.45) is 0.642. The van der Waals surface area contributed by atoms with Crippen LogP contribution >= 0.6 is 11.6 Å². The van der Waals surface area contributed by atoms with Crippen molar-refractivity contribution in [3.63, 3.8) is 0 Å². The molecule has 0 aliphatic carbocycles. The SMILES string of the molecule is COc1ccc(CCNC(=O)COc2ccc(C(=O)Nc3ccc(Cl)cc3C)cc2)cc1OC. The molecule has 178 valence electrons. The molecule has 3 aromatic rings. The highest BCUT2D eigenvalue weighted by Crippen LogP contribution is 2.27. The molecule has 0 bridgehead atoms. The molecule has 2 N–H and O–H groups in total. The second-order valence-electron chi connectivity index (χ2n) is 7.52. The van der Waals surface area contributed by atoms with Crippen molar-refractivity contribution in [3.05, 3.63) is 82.4 Å². The van der Waals surface area contributed by atoms with Crippen molar-refractivity contribution in [2.24, 2.45) is 0 Å².